The Balaban J connectivity index is 1.50. The molecule has 4 rings (SSSR count). The average molecular weight is 355 g/mol. The number of ether oxygens (including phenoxy) is 2. The molecule has 1 N–H and O–H groups in total. The molecule has 0 spiro atoms. The van der Waals surface area contributed by atoms with E-state index in [0.717, 1.165) is 42.8 Å². The third kappa shape index (κ3) is 4.11. The number of aromatic nitrogens is 3. The zero-order valence-electron chi connectivity index (χ0n) is 15.1. The lowest BCUT2D eigenvalue weighted by atomic mass is 10.1. The number of hydrogen-bond donors (Lipinski definition) is 1. The van der Waals surface area contributed by atoms with Crippen molar-refractivity contribution >= 4 is 5.82 Å². The molecule has 2 aromatic heterocycles. The van der Waals surface area contributed by atoms with Crippen LogP contribution in [0.15, 0.2) is 30.6 Å². The summed E-state index contributed by atoms with van der Waals surface area (Å²) < 4.78 is 11.1. The molecule has 1 saturated heterocycles. The van der Waals surface area contributed by atoms with Crippen molar-refractivity contribution in [2.75, 3.05) is 38.7 Å². The molecule has 0 bridgehead atoms. The number of hydrogen-bond acceptors (Lipinski definition) is 7. The molecule has 0 aromatic carbocycles. The van der Waals surface area contributed by atoms with Crippen LogP contribution in [0.3, 0.4) is 0 Å². The normalized spacial score (nSPS) is 20.7. The van der Waals surface area contributed by atoms with Gasteiger partial charge < -0.3 is 14.8 Å². The van der Waals surface area contributed by atoms with Gasteiger partial charge in [0, 0.05) is 37.6 Å². The smallest absolute Gasteiger partial charge is 0.217 e. The molecule has 2 aromatic rings. The molecule has 2 aliphatic rings. The maximum atomic E-state index is 5.72. The predicted molar refractivity (Wildman–Crippen MR) is 98.0 cm³/mol. The van der Waals surface area contributed by atoms with Crippen LogP contribution in [0.1, 0.15) is 30.3 Å². The number of morpholine rings is 1. The SMILES string of the molecule is COc1ncccc1CN1CCOC[C@H]1c1nccc(NCC2CC2)n1. The minimum atomic E-state index is 0.0244. The molecule has 1 saturated carbocycles. The maximum absolute atomic E-state index is 5.72. The molecule has 1 atom stereocenters. The lowest BCUT2D eigenvalue weighted by molar-refractivity contribution is -0.0162. The van der Waals surface area contributed by atoms with Crippen molar-refractivity contribution in [1.82, 2.24) is 19.9 Å². The lowest BCUT2D eigenvalue weighted by Crippen LogP contribution is -2.40. The number of methoxy groups -OCH3 is 1. The Morgan fingerprint density at radius 2 is 2.19 bits per heavy atom. The van der Waals surface area contributed by atoms with E-state index in [1.54, 1.807) is 13.3 Å². The summed E-state index contributed by atoms with van der Waals surface area (Å²) >= 11 is 0. The first-order valence-electron chi connectivity index (χ1n) is 9.20. The van der Waals surface area contributed by atoms with Gasteiger partial charge in [-0.1, -0.05) is 6.07 Å². The van der Waals surface area contributed by atoms with Crippen LogP contribution < -0.4 is 10.1 Å². The monoisotopic (exact) mass is 355 g/mol. The molecular weight excluding hydrogens is 330 g/mol. The molecule has 0 amide bonds. The first-order valence-corrected chi connectivity index (χ1v) is 9.20. The summed E-state index contributed by atoms with van der Waals surface area (Å²) in [5.41, 5.74) is 1.06. The van der Waals surface area contributed by atoms with Crippen molar-refractivity contribution in [2.45, 2.75) is 25.4 Å². The van der Waals surface area contributed by atoms with Crippen LogP contribution in [-0.4, -0.2) is 53.3 Å². The van der Waals surface area contributed by atoms with E-state index >= 15 is 0 Å². The van der Waals surface area contributed by atoms with E-state index in [-0.39, 0.29) is 6.04 Å². The van der Waals surface area contributed by atoms with E-state index in [0.29, 0.717) is 19.1 Å². The summed E-state index contributed by atoms with van der Waals surface area (Å²) in [4.78, 5) is 15.9. The van der Waals surface area contributed by atoms with E-state index in [1.807, 2.05) is 24.4 Å². The molecule has 7 nitrogen and oxygen atoms in total. The minimum absolute atomic E-state index is 0.0244. The molecule has 2 fully saturated rings. The van der Waals surface area contributed by atoms with Crippen LogP contribution in [-0.2, 0) is 11.3 Å². The van der Waals surface area contributed by atoms with Crippen LogP contribution in [0, 0.1) is 5.92 Å². The highest BCUT2D eigenvalue weighted by molar-refractivity contribution is 5.34. The summed E-state index contributed by atoms with van der Waals surface area (Å²) in [5.74, 6) is 3.17. The summed E-state index contributed by atoms with van der Waals surface area (Å²) in [6.45, 7) is 3.85. The van der Waals surface area contributed by atoms with Crippen LogP contribution in [0.25, 0.3) is 0 Å². The first kappa shape index (κ1) is 17.2. The van der Waals surface area contributed by atoms with E-state index in [4.69, 9.17) is 14.5 Å². The van der Waals surface area contributed by atoms with Crippen LogP contribution in [0.4, 0.5) is 5.82 Å². The van der Waals surface area contributed by atoms with Gasteiger partial charge >= 0.3 is 0 Å². The molecule has 1 aliphatic heterocycles. The highest BCUT2D eigenvalue weighted by Gasteiger charge is 2.28. The second-order valence-electron chi connectivity index (χ2n) is 6.86. The molecule has 138 valence electrons. The Labute approximate surface area is 153 Å². The number of nitrogens with one attached hydrogen (secondary N) is 1. The van der Waals surface area contributed by atoms with Crippen molar-refractivity contribution in [3.8, 4) is 5.88 Å². The van der Waals surface area contributed by atoms with E-state index in [1.165, 1.54) is 12.8 Å². The van der Waals surface area contributed by atoms with Gasteiger partial charge in [-0.3, -0.25) is 4.90 Å². The molecule has 0 radical (unpaired) electrons. The summed E-state index contributed by atoms with van der Waals surface area (Å²) in [5, 5.41) is 3.43. The third-order valence-corrected chi connectivity index (χ3v) is 4.90. The van der Waals surface area contributed by atoms with Gasteiger partial charge in [0.1, 0.15) is 11.6 Å². The van der Waals surface area contributed by atoms with Gasteiger partial charge in [-0.05, 0) is 30.9 Å². The van der Waals surface area contributed by atoms with E-state index < -0.39 is 0 Å². The fourth-order valence-electron chi connectivity index (χ4n) is 3.22. The highest BCUT2D eigenvalue weighted by Crippen LogP contribution is 2.29. The van der Waals surface area contributed by atoms with Crippen LogP contribution in [0.2, 0.25) is 0 Å². The number of pyridine rings is 1. The zero-order valence-corrected chi connectivity index (χ0v) is 15.1. The van der Waals surface area contributed by atoms with E-state index in [9.17, 15) is 0 Å². The zero-order chi connectivity index (χ0) is 17.8. The van der Waals surface area contributed by atoms with Gasteiger partial charge in [-0.15, -0.1) is 0 Å². The van der Waals surface area contributed by atoms with Gasteiger partial charge in [-0.2, -0.15) is 0 Å². The summed E-state index contributed by atoms with van der Waals surface area (Å²) in [7, 11) is 1.65. The minimum Gasteiger partial charge on any atom is -0.481 e. The van der Waals surface area contributed by atoms with Crippen molar-refractivity contribution < 1.29 is 9.47 Å². The average Bonchev–Trinajstić information content (AvgIpc) is 3.52. The van der Waals surface area contributed by atoms with Crippen molar-refractivity contribution in [3.63, 3.8) is 0 Å². The van der Waals surface area contributed by atoms with Crippen molar-refractivity contribution in [2.24, 2.45) is 5.92 Å². The maximum Gasteiger partial charge on any atom is 0.217 e. The van der Waals surface area contributed by atoms with Gasteiger partial charge in [0.2, 0.25) is 5.88 Å². The summed E-state index contributed by atoms with van der Waals surface area (Å²) in [6, 6.07) is 5.94. The quantitative estimate of drug-likeness (QED) is 0.817. The molecule has 1 aliphatic carbocycles. The molecule has 3 heterocycles. The second-order valence-corrected chi connectivity index (χ2v) is 6.86. The Morgan fingerprint density at radius 1 is 1.27 bits per heavy atom. The second kappa shape index (κ2) is 7.97. The Kier molecular flexibility index (Phi) is 5.26. The Hall–Kier alpha value is -2.25. The number of rotatable bonds is 7. The largest absolute Gasteiger partial charge is 0.481 e. The van der Waals surface area contributed by atoms with Crippen molar-refractivity contribution in [1.29, 1.82) is 0 Å². The fraction of sp³-hybridized carbons (Fsp3) is 0.526. The van der Waals surface area contributed by atoms with Gasteiger partial charge in [-0.25, -0.2) is 15.0 Å². The molecule has 7 heteroatoms. The highest BCUT2D eigenvalue weighted by atomic mass is 16.5. The Morgan fingerprint density at radius 3 is 3.04 bits per heavy atom. The van der Waals surface area contributed by atoms with Gasteiger partial charge in [0.15, 0.2) is 0 Å². The first-order chi connectivity index (χ1) is 12.8. The van der Waals surface area contributed by atoms with E-state index in [2.05, 4.69) is 20.2 Å². The molecule has 26 heavy (non-hydrogen) atoms. The topological polar surface area (TPSA) is 72.4 Å². The predicted octanol–water partition coefficient (Wildman–Crippen LogP) is 2.28. The van der Waals surface area contributed by atoms with Crippen LogP contribution >= 0.6 is 0 Å². The van der Waals surface area contributed by atoms with Crippen LogP contribution in [0.5, 0.6) is 5.88 Å². The van der Waals surface area contributed by atoms with Gasteiger partial charge in [0.25, 0.3) is 0 Å². The van der Waals surface area contributed by atoms with Gasteiger partial charge in [0.05, 0.1) is 26.4 Å². The molecule has 0 unspecified atom stereocenters. The molecular formula is C19H25N5O2. The fourth-order valence-corrected chi connectivity index (χ4v) is 3.22. The standard InChI is InChI=1S/C19H25N5O2/c1-25-19-15(3-2-7-21-19)12-24-9-10-26-13-16(24)18-20-8-6-17(23-18)22-11-14-4-5-14/h2-3,6-8,14,16H,4-5,9-13H2,1H3,(H,20,22,23)/t16-/m0/s1. The summed E-state index contributed by atoms with van der Waals surface area (Å²) in [6.07, 6.45) is 6.22. The van der Waals surface area contributed by atoms with Crippen molar-refractivity contribution in [3.05, 3.63) is 42.0 Å². The number of anilines is 1. The lowest BCUT2D eigenvalue weighted by Gasteiger charge is -2.34. The third-order valence-electron chi connectivity index (χ3n) is 4.90. The number of nitrogens with zero attached hydrogens (tertiary/aromatic N) is 4. The Bertz CT molecular complexity index is 737.